The zero-order chi connectivity index (χ0) is 15.0. The van der Waals surface area contributed by atoms with Crippen LogP contribution in [0.2, 0.25) is 0 Å². The SMILES string of the molecule is O=C(Nc1ccc(Br)c(C(=O)O)c1)c1cc2sccc2s1. The second kappa shape index (κ2) is 5.59. The van der Waals surface area contributed by atoms with E-state index >= 15 is 0 Å². The number of hydrogen-bond donors (Lipinski definition) is 2. The number of halogens is 1. The maximum absolute atomic E-state index is 12.2. The van der Waals surface area contributed by atoms with Gasteiger partial charge in [0.15, 0.2) is 0 Å². The molecular formula is C14H8BrNO3S2. The van der Waals surface area contributed by atoms with Crippen molar-refractivity contribution in [2.45, 2.75) is 0 Å². The molecule has 0 saturated carbocycles. The van der Waals surface area contributed by atoms with Crippen molar-refractivity contribution in [3.63, 3.8) is 0 Å². The number of rotatable bonds is 3. The summed E-state index contributed by atoms with van der Waals surface area (Å²) in [5, 5.41) is 13.8. The molecule has 0 aliphatic rings. The van der Waals surface area contributed by atoms with Crippen LogP contribution in [0, 0.1) is 0 Å². The van der Waals surface area contributed by atoms with Crippen LogP contribution in [0.25, 0.3) is 9.40 Å². The fraction of sp³-hybridized carbons (Fsp3) is 0. The van der Waals surface area contributed by atoms with Crippen molar-refractivity contribution in [1.29, 1.82) is 0 Å². The number of carboxylic acid groups (broad SMARTS) is 1. The number of carbonyl (C=O) groups is 2. The molecule has 0 saturated heterocycles. The number of anilines is 1. The first-order valence-corrected chi connectivity index (χ1v) is 8.35. The molecule has 1 aromatic carbocycles. The summed E-state index contributed by atoms with van der Waals surface area (Å²) in [5.41, 5.74) is 0.567. The van der Waals surface area contributed by atoms with E-state index in [1.165, 1.54) is 17.4 Å². The standard InChI is InChI=1S/C14H8BrNO3S2/c15-9-2-1-7(5-8(9)14(18)19)16-13(17)12-6-11-10(21-12)3-4-20-11/h1-6H,(H,16,17)(H,18,19). The summed E-state index contributed by atoms with van der Waals surface area (Å²) in [4.78, 5) is 23.9. The molecular weight excluding hydrogens is 374 g/mol. The highest BCUT2D eigenvalue weighted by molar-refractivity contribution is 9.10. The first kappa shape index (κ1) is 14.2. The third-order valence-corrected chi connectivity index (χ3v) is 5.60. The predicted octanol–water partition coefficient (Wildman–Crippen LogP) is 4.68. The number of carbonyl (C=O) groups excluding carboxylic acids is 1. The van der Waals surface area contributed by atoms with Gasteiger partial charge < -0.3 is 10.4 Å². The third-order valence-electron chi connectivity index (χ3n) is 2.82. The predicted molar refractivity (Wildman–Crippen MR) is 88.8 cm³/mol. The molecule has 0 aliphatic heterocycles. The number of fused-ring (bicyclic) bond motifs is 1. The molecule has 0 unspecified atom stereocenters. The molecule has 3 aromatic rings. The van der Waals surface area contributed by atoms with Crippen LogP contribution in [0.4, 0.5) is 5.69 Å². The van der Waals surface area contributed by atoms with Crippen LogP contribution in [0.5, 0.6) is 0 Å². The van der Waals surface area contributed by atoms with Crippen LogP contribution in [-0.2, 0) is 0 Å². The van der Waals surface area contributed by atoms with E-state index in [1.807, 2.05) is 17.5 Å². The zero-order valence-electron chi connectivity index (χ0n) is 10.4. The largest absolute Gasteiger partial charge is 0.478 e. The number of amides is 1. The Morgan fingerprint density at radius 2 is 1.95 bits per heavy atom. The smallest absolute Gasteiger partial charge is 0.336 e. The normalized spacial score (nSPS) is 10.7. The van der Waals surface area contributed by atoms with Crippen LogP contribution in [0.3, 0.4) is 0 Å². The van der Waals surface area contributed by atoms with E-state index in [-0.39, 0.29) is 11.5 Å². The first-order valence-electron chi connectivity index (χ1n) is 5.86. The molecule has 2 heterocycles. The highest BCUT2D eigenvalue weighted by Gasteiger charge is 2.13. The fourth-order valence-corrected chi connectivity index (χ4v) is 4.26. The zero-order valence-corrected chi connectivity index (χ0v) is 13.6. The van der Waals surface area contributed by atoms with Crippen LogP contribution in [0.15, 0.2) is 40.2 Å². The molecule has 4 nitrogen and oxygen atoms in total. The summed E-state index contributed by atoms with van der Waals surface area (Å²) in [6, 6.07) is 8.51. The molecule has 7 heteroatoms. The molecule has 2 aromatic heterocycles. The van der Waals surface area contributed by atoms with Gasteiger partial charge in [-0.3, -0.25) is 4.79 Å². The Hall–Kier alpha value is -1.70. The number of aromatic carboxylic acids is 1. The molecule has 0 atom stereocenters. The Morgan fingerprint density at radius 1 is 1.14 bits per heavy atom. The highest BCUT2D eigenvalue weighted by Crippen LogP contribution is 2.30. The van der Waals surface area contributed by atoms with Crippen LogP contribution < -0.4 is 5.32 Å². The van der Waals surface area contributed by atoms with Gasteiger partial charge in [-0.2, -0.15) is 0 Å². The lowest BCUT2D eigenvalue weighted by Crippen LogP contribution is -2.11. The first-order chi connectivity index (χ1) is 10.0. The van der Waals surface area contributed by atoms with E-state index in [0.29, 0.717) is 15.0 Å². The summed E-state index contributed by atoms with van der Waals surface area (Å²) < 4.78 is 2.63. The molecule has 106 valence electrons. The molecule has 0 bridgehead atoms. The monoisotopic (exact) mass is 381 g/mol. The van der Waals surface area contributed by atoms with Crippen LogP contribution >= 0.6 is 38.6 Å². The Labute approximate surface area is 136 Å². The van der Waals surface area contributed by atoms with Crippen molar-refractivity contribution in [1.82, 2.24) is 0 Å². The van der Waals surface area contributed by atoms with Gasteiger partial charge in [-0.05, 0) is 51.6 Å². The average molecular weight is 382 g/mol. The maximum atomic E-state index is 12.2. The Kier molecular flexibility index (Phi) is 3.79. The molecule has 3 rings (SSSR count). The lowest BCUT2D eigenvalue weighted by molar-refractivity contribution is 0.0695. The van der Waals surface area contributed by atoms with Crippen molar-refractivity contribution < 1.29 is 14.7 Å². The van der Waals surface area contributed by atoms with E-state index in [2.05, 4.69) is 21.2 Å². The molecule has 0 fully saturated rings. The number of hydrogen-bond acceptors (Lipinski definition) is 4. The number of benzene rings is 1. The maximum Gasteiger partial charge on any atom is 0.336 e. The van der Waals surface area contributed by atoms with Crippen molar-refractivity contribution in [3.8, 4) is 0 Å². The van der Waals surface area contributed by atoms with Gasteiger partial charge in [0.2, 0.25) is 0 Å². The Bertz CT molecular complexity index is 824. The summed E-state index contributed by atoms with van der Waals surface area (Å²) in [5.74, 6) is -1.28. The van der Waals surface area contributed by atoms with Gasteiger partial charge >= 0.3 is 5.97 Å². The number of nitrogens with one attached hydrogen (secondary N) is 1. The second-order valence-electron chi connectivity index (χ2n) is 4.21. The summed E-state index contributed by atoms with van der Waals surface area (Å²) in [6.07, 6.45) is 0. The molecule has 0 aliphatic carbocycles. The van der Waals surface area contributed by atoms with E-state index in [0.717, 1.165) is 9.40 Å². The van der Waals surface area contributed by atoms with Gasteiger partial charge in [0.25, 0.3) is 5.91 Å². The van der Waals surface area contributed by atoms with Gasteiger partial charge in [0.1, 0.15) is 0 Å². The van der Waals surface area contributed by atoms with Gasteiger partial charge in [0.05, 0.1) is 10.4 Å². The lowest BCUT2D eigenvalue weighted by atomic mass is 10.2. The topological polar surface area (TPSA) is 66.4 Å². The molecule has 21 heavy (non-hydrogen) atoms. The Morgan fingerprint density at radius 3 is 2.67 bits per heavy atom. The quantitative estimate of drug-likeness (QED) is 0.692. The van der Waals surface area contributed by atoms with Crippen molar-refractivity contribution >= 4 is 65.6 Å². The minimum Gasteiger partial charge on any atom is -0.478 e. The minimum absolute atomic E-state index is 0.111. The van der Waals surface area contributed by atoms with Crippen molar-refractivity contribution in [3.05, 3.63) is 50.6 Å². The minimum atomic E-state index is -1.05. The third kappa shape index (κ3) is 2.85. The highest BCUT2D eigenvalue weighted by atomic mass is 79.9. The summed E-state index contributed by atoms with van der Waals surface area (Å²) >= 11 is 6.17. The average Bonchev–Trinajstić information content (AvgIpc) is 3.01. The second-order valence-corrected chi connectivity index (χ2v) is 7.10. The molecule has 2 N–H and O–H groups in total. The van der Waals surface area contributed by atoms with Gasteiger partial charge in [-0.25, -0.2) is 4.79 Å². The lowest BCUT2D eigenvalue weighted by Gasteiger charge is -2.06. The van der Waals surface area contributed by atoms with Crippen molar-refractivity contribution in [2.75, 3.05) is 5.32 Å². The van der Waals surface area contributed by atoms with E-state index in [1.54, 1.807) is 23.5 Å². The van der Waals surface area contributed by atoms with Gasteiger partial charge in [-0.1, -0.05) is 0 Å². The van der Waals surface area contributed by atoms with Gasteiger partial charge in [-0.15, -0.1) is 22.7 Å². The Balaban J connectivity index is 1.86. The van der Waals surface area contributed by atoms with E-state index in [4.69, 9.17) is 5.11 Å². The van der Waals surface area contributed by atoms with Gasteiger partial charge in [0, 0.05) is 19.6 Å². The number of thiophene rings is 2. The summed E-state index contributed by atoms with van der Waals surface area (Å²) in [6.45, 7) is 0. The van der Waals surface area contributed by atoms with E-state index in [9.17, 15) is 9.59 Å². The van der Waals surface area contributed by atoms with Crippen molar-refractivity contribution in [2.24, 2.45) is 0 Å². The number of carboxylic acids is 1. The fourth-order valence-electron chi connectivity index (χ4n) is 1.84. The van der Waals surface area contributed by atoms with Crippen LogP contribution in [-0.4, -0.2) is 17.0 Å². The summed E-state index contributed by atoms with van der Waals surface area (Å²) in [7, 11) is 0. The molecule has 0 radical (unpaired) electrons. The van der Waals surface area contributed by atoms with Crippen LogP contribution in [0.1, 0.15) is 20.0 Å². The molecule has 0 spiro atoms. The molecule has 1 amide bonds. The van der Waals surface area contributed by atoms with E-state index < -0.39 is 5.97 Å².